The van der Waals surface area contributed by atoms with Gasteiger partial charge in [-0.3, -0.25) is 4.79 Å². The third-order valence-corrected chi connectivity index (χ3v) is 3.55. The van der Waals surface area contributed by atoms with Crippen LogP contribution in [-0.2, 0) is 28.7 Å². The van der Waals surface area contributed by atoms with Gasteiger partial charge < -0.3 is 10.5 Å². The highest BCUT2D eigenvalue weighted by atomic mass is 19.4. The van der Waals surface area contributed by atoms with Gasteiger partial charge in [0.1, 0.15) is 5.82 Å². The SMILES string of the molecule is COC(=O)Cc1ccc(F)c(-c2ccc(C(F)(F)F)cc2CN)c1. The molecule has 0 saturated heterocycles. The molecule has 0 bridgehead atoms. The summed E-state index contributed by atoms with van der Waals surface area (Å²) in [6.45, 7) is -0.181. The Balaban J connectivity index is 2.51. The molecule has 0 aliphatic rings. The molecule has 0 radical (unpaired) electrons. The summed E-state index contributed by atoms with van der Waals surface area (Å²) in [5, 5.41) is 0. The van der Waals surface area contributed by atoms with Crippen LogP contribution in [0.15, 0.2) is 36.4 Å². The van der Waals surface area contributed by atoms with E-state index in [1.807, 2.05) is 0 Å². The third-order valence-electron chi connectivity index (χ3n) is 3.55. The number of halogens is 4. The second-order valence-corrected chi connectivity index (χ2v) is 5.14. The van der Waals surface area contributed by atoms with Crippen molar-refractivity contribution >= 4 is 5.97 Å². The Morgan fingerprint density at radius 3 is 2.42 bits per heavy atom. The molecule has 0 aromatic heterocycles. The number of ether oxygens (including phenoxy) is 1. The molecule has 7 heteroatoms. The molecule has 0 saturated carbocycles. The lowest BCUT2D eigenvalue weighted by Crippen LogP contribution is -2.09. The number of carbonyl (C=O) groups is 1. The van der Waals surface area contributed by atoms with Crippen molar-refractivity contribution in [1.29, 1.82) is 0 Å². The average Bonchev–Trinajstić information content (AvgIpc) is 2.55. The van der Waals surface area contributed by atoms with Crippen LogP contribution in [-0.4, -0.2) is 13.1 Å². The third kappa shape index (κ3) is 3.91. The van der Waals surface area contributed by atoms with Gasteiger partial charge in [-0.1, -0.05) is 12.1 Å². The maximum absolute atomic E-state index is 14.1. The number of rotatable bonds is 4. The molecule has 2 aromatic rings. The molecule has 2 rings (SSSR count). The monoisotopic (exact) mass is 341 g/mol. The van der Waals surface area contributed by atoms with Gasteiger partial charge in [0.15, 0.2) is 0 Å². The first-order valence-electron chi connectivity index (χ1n) is 7.02. The van der Waals surface area contributed by atoms with Crippen LogP contribution in [0.3, 0.4) is 0 Å². The van der Waals surface area contributed by atoms with Crippen LogP contribution in [0.2, 0.25) is 0 Å². The highest BCUT2D eigenvalue weighted by Gasteiger charge is 2.31. The highest BCUT2D eigenvalue weighted by molar-refractivity contribution is 5.75. The van der Waals surface area contributed by atoms with E-state index in [9.17, 15) is 22.4 Å². The maximum Gasteiger partial charge on any atom is 0.416 e. The molecule has 0 amide bonds. The first-order valence-corrected chi connectivity index (χ1v) is 7.02. The summed E-state index contributed by atoms with van der Waals surface area (Å²) in [7, 11) is 1.23. The summed E-state index contributed by atoms with van der Waals surface area (Å²) in [4.78, 5) is 11.3. The fourth-order valence-corrected chi connectivity index (χ4v) is 2.33. The quantitative estimate of drug-likeness (QED) is 0.682. The number of carbonyl (C=O) groups excluding carboxylic acids is 1. The van der Waals surface area contributed by atoms with E-state index < -0.39 is 23.5 Å². The van der Waals surface area contributed by atoms with Crippen molar-refractivity contribution in [2.24, 2.45) is 5.73 Å². The van der Waals surface area contributed by atoms with Crippen molar-refractivity contribution < 1.29 is 27.1 Å². The van der Waals surface area contributed by atoms with Crippen molar-refractivity contribution in [1.82, 2.24) is 0 Å². The van der Waals surface area contributed by atoms with Crippen molar-refractivity contribution in [3.05, 3.63) is 58.9 Å². The molecule has 128 valence electrons. The van der Waals surface area contributed by atoms with Crippen molar-refractivity contribution in [2.45, 2.75) is 19.1 Å². The van der Waals surface area contributed by atoms with Crippen LogP contribution in [0.5, 0.6) is 0 Å². The fraction of sp³-hybridized carbons (Fsp3) is 0.235. The highest BCUT2D eigenvalue weighted by Crippen LogP contribution is 2.34. The normalized spacial score (nSPS) is 11.4. The van der Waals surface area contributed by atoms with Gasteiger partial charge in [-0.25, -0.2) is 4.39 Å². The van der Waals surface area contributed by atoms with E-state index >= 15 is 0 Å². The van der Waals surface area contributed by atoms with E-state index in [-0.39, 0.29) is 29.7 Å². The Kier molecular flexibility index (Phi) is 5.23. The lowest BCUT2D eigenvalue weighted by atomic mass is 9.95. The van der Waals surface area contributed by atoms with E-state index in [2.05, 4.69) is 4.74 Å². The van der Waals surface area contributed by atoms with E-state index in [4.69, 9.17) is 5.73 Å². The van der Waals surface area contributed by atoms with Gasteiger partial charge in [0, 0.05) is 12.1 Å². The standard InChI is InChI=1S/C17H15F4NO2/c1-24-16(23)7-10-2-5-15(18)14(6-10)13-4-3-12(17(19,20)21)8-11(13)9-22/h2-6,8H,7,9,22H2,1H3. The number of hydrogen-bond acceptors (Lipinski definition) is 3. The summed E-state index contributed by atoms with van der Waals surface area (Å²) in [5.41, 5.74) is 5.68. The predicted molar refractivity (Wildman–Crippen MR) is 80.4 cm³/mol. The molecule has 0 heterocycles. The summed E-state index contributed by atoms with van der Waals surface area (Å²) in [5.74, 6) is -1.11. The fourth-order valence-electron chi connectivity index (χ4n) is 2.33. The van der Waals surface area contributed by atoms with Gasteiger partial charge in [-0.2, -0.15) is 13.2 Å². The molecular formula is C17H15F4NO2. The largest absolute Gasteiger partial charge is 0.469 e. The minimum Gasteiger partial charge on any atom is -0.469 e. The van der Waals surface area contributed by atoms with Gasteiger partial charge in [-0.15, -0.1) is 0 Å². The minimum absolute atomic E-state index is 0.0671. The zero-order chi connectivity index (χ0) is 17.9. The molecule has 2 N–H and O–H groups in total. The Morgan fingerprint density at radius 2 is 1.83 bits per heavy atom. The molecule has 0 aliphatic carbocycles. The summed E-state index contributed by atoms with van der Waals surface area (Å²) in [6, 6.07) is 6.95. The molecule has 0 spiro atoms. The molecule has 3 nitrogen and oxygen atoms in total. The van der Waals surface area contributed by atoms with Crippen LogP contribution in [0.25, 0.3) is 11.1 Å². The van der Waals surface area contributed by atoms with E-state index in [1.165, 1.54) is 25.3 Å². The zero-order valence-corrected chi connectivity index (χ0v) is 12.8. The second-order valence-electron chi connectivity index (χ2n) is 5.14. The molecule has 0 aliphatic heterocycles. The Labute approximate surface area is 136 Å². The van der Waals surface area contributed by atoms with E-state index in [0.29, 0.717) is 5.56 Å². The number of methoxy groups -OCH3 is 1. The predicted octanol–water partition coefficient (Wildman–Crippen LogP) is 3.69. The summed E-state index contributed by atoms with van der Waals surface area (Å²) >= 11 is 0. The molecular weight excluding hydrogens is 326 g/mol. The Morgan fingerprint density at radius 1 is 1.12 bits per heavy atom. The lowest BCUT2D eigenvalue weighted by Gasteiger charge is -2.14. The minimum atomic E-state index is -4.51. The summed E-state index contributed by atoms with van der Waals surface area (Å²) < 4.78 is 57.1. The Bertz CT molecular complexity index is 757. The number of esters is 1. The average molecular weight is 341 g/mol. The Hall–Kier alpha value is -2.41. The topological polar surface area (TPSA) is 52.3 Å². The first kappa shape index (κ1) is 17.9. The van der Waals surface area contributed by atoms with Crippen LogP contribution in [0, 0.1) is 5.82 Å². The number of nitrogens with two attached hydrogens (primary N) is 1. The molecule has 0 atom stereocenters. The van der Waals surface area contributed by atoms with Crippen LogP contribution >= 0.6 is 0 Å². The van der Waals surface area contributed by atoms with Crippen molar-refractivity contribution in [3.8, 4) is 11.1 Å². The van der Waals surface area contributed by atoms with Crippen molar-refractivity contribution in [2.75, 3.05) is 7.11 Å². The van der Waals surface area contributed by atoms with Gasteiger partial charge in [0.25, 0.3) is 0 Å². The van der Waals surface area contributed by atoms with Gasteiger partial charge >= 0.3 is 12.1 Å². The van der Waals surface area contributed by atoms with Crippen LogP contribution in [0.4, 0.5) is 17.6 Å². The number of alkyl halides is 3. The smallest absolute Gasteiger partial charge is 0.416 e. The van der Waals surface area contributed by atoms with Gasteiger partial charge in [0.05, 0.1) is 19.1 Å². The molecule has 0 fully saturated rings. The van der Waals surface area contributed by atoms with Crippen LogP contribution in [0.1, 0.15) is 16.7 Å². The van der Waals surface area contributed by atoms with Crippen LogP contribution < -0.4 is 5.73 Å². The molecule has 24 heavy (non-hydrogen) atoms. The van der Waals surface area contributed by atoms with E-state index in [1.54, 1.807) is 0 Å². The first-order chi connectivity index (χ1) is 11.3. The number of benzene rings is 2. The van der Waals surface area contributed by atoms with E-state index in [0.717, 1.165) is 18.2 Å². The second kappa shape index (κ2) is 7.00. The lowest BCUT2D eigenvalue weighted by molar-refractivity contribution is -0.140. The maximum atomic E-state index is 14.1. The van der Waals surface area contributed by atoms with Crippen molar-refractivity contribution in [3.63, 3.8) is 0 Å². The summed E-state index contributed by atoms with van der Waals surface area (Å²) in [6.07, 6.45) is -4.57. The molecule has 2 aromatic carbocycles. The zero-order valence-electron chi connectivity index (χ0n) is 12.8. The number of hydrogen-bond donors (Lipinski definition) is 1. The molecule has 0 unspecified atom stereocenters. The van der Waals surface area contributed by atoms with Gasteiger partial charge in [-0.05, 0) is 41.0 Å². The van der Waals surface area contributed by atoms with Gasteiger partial charge in [0.2, 0.25) is 0 Å².